The Bertz CT molecular complexity index is 1990. The van der Waals surface area contributed by atoms with Gasteiger partial charge >= 0.3 is 11.9 Å². The van der Waals surface area contributed by atoms with Crippen LogP contribution in [0.3, 0.4) is 0 Å². The van der Waals surface area contributed by atoms with Crippen molar-refractivity contribution in [3.63, 3.8) is 0 Å². The molecule has 0 amide bonds. The molecule has 9 heteroatoms. The van der Waals surface area contributed by atoms with Gasteiger partial charge in [0.2, 0.25) is 0 Å². The van der Waals surface area contributed by atoms with Crippen LogP contribution in [0.2, 0.25) is 5.15 Å². The van der Waals surface area contributed by atoms with E-state index in [4.69, 9.17) is 21.1 Å². The minimum absolute atomic E-state index is 0.326. The van der Waals surface area contributed by atoms with E-state index in [0.29, 0.717) is 29.6 Å². The third kappa shape index (κ3) is 6.71. The Morgan fingerprint density at radius 1 is 0.625 bits per heavy atom. The standard InChI is InChI=1S/C20H22N2O2.C19H19ClN2O2/c1-12-8-13(2)17(14(3)9-12)11-22-18-6-7-21-15(4)16(18)10-19(22)20(23)24-5;1-11-7-12(2)15(13(3)8-11)10-22-16-5-6-21-18(20)14(16)9-17(22)19(23)24-4/h6-10H,11H2,1-5H3;5-9H,10H2,1-4H3. The van der Waals surface area contributed by atoms with Crippen molar-refractivity contribution in [1.29, 1.82) is 0 Å². The zero-order valence-electron chi connectivity index (χ0n) is 29.0. The van der Waals surface area contributed by atoms with E-state index in [1.54, 1.807) is 18.5 Å². The summed E-state index contributed by atoms with van der Waals surface area (Å²) in [6.45, 7) is 15.8. The van der Waals surface area contributed by atoms with Crippen molar-refractivity contribution in [3.8, 4) is 0 Å². The molecule has 48 heavy (non-hydrogen) atoms. The summed E-state index contributed by atoms with van der Waals surface area (Å²) in [6, 6.07) is 16.1. The van der Waals surface area contributed by atoms with Crippen LogP contribution in [0.5, 0.6) is 0 Å². The van der Waals surface area contributed by atoms with Crippen LogP contribution < -0.4 is 0 Å². The quantitative estimate of drug-likeness (QED) is 0.131. The van der Waals surface area contributed by atoms with Crippen LogP contribution in [-0.4, -0.2) is 45.3 Å². The normalized spacial score (nSPS) is 11.0. The lowest BCUT2D eigenvalue weighted by molar-refractivity contribution is 0.0581. The van der Waals surface area contributed by atoms with Gasteiger partial charge in [0.1, 0.15) is 16.5 Å². The number of pyridine rings is 2. The highest BCUT2D eigenvalue weighted by Crippen LogP contribution is 2.29. The SMILES string of the molecule is COC(=O)c1cc2c(C)nccc2n1Cc1c(C)cc(C)cc1C.COC(=O)c1cc2c(Cl)nccc2n1Cc1c(C)cc(C)cc1C. The maximum absolute atomic E-state index is 12.3. The first-order valence-corrected chi connectivity index (χ1v) is 16.1. The van der Waals surface area contributed by atoms with Crippen LogP contribution in [-0.2, 0) is 22.6 Å². The first kappa shape index (κ1) is 34.4. The molecule has 0 aliphatic carbocycles. The zero-order chi connectivity index (χ0) is 34.9. The molecule has 0 fully saturated rings. The second-order valence-electron chi connectivity index (χ2n) is 12.3. The Morgan fingerprint density at radius 3 is 1.46 bits per heavy atom. The van der Waals surface area contributed by atoms with Crippen LogP contribution in [0.15, 0.2) is 60.9 Å². The molecule has 0 bridgehead atoms. The molecule has 0 saturated carbocycles. The highest BCUT2D eigenvalue weighted by molar-refractivity contribution is 6.34. The van der Waals surface area contributed by atoms with E-state index in [9.17, 15) is 9.59 Å². The van der Waals surface area contributed by atoms with Gasteiger partial charge in [-0.05, 0) is 106 Å². The number of nitrogens with zero attached hydrogens (tertiary/aromatic N) is 4. The molecule has 6 aromatic rings. The Labute approximate surface area is 286 Å². The topological polar surface area (TPSA) is 88.2 Å². The molecule has 8 nitrogen and oxygen atoms in total. The van der Waals surface area contributed by atoms with E-state index in [2.05, 4.69) is 75.8 Å². The van der Waals surface area contributed by atoms with Crippen LogP contribution in [0, 0.1) is 48.5 Å². The fourth-order valence-corrected chi connectivity index (χ4v) is 6.80. The minimum Gasteiger partial charge on any atom is -0.464 e. The Hall–Kier alpha value is -4.95. The van der Waals surface area contributed by atoms with Gasteiger partial charge in [0, 0.05) is 41.9 Å². The minimum atomic E-state index is -0.385. The van der Waals surface area contributed by atoms with Crippen LogP contribution in [0.25, 0.3) is 21.8 Å². The molecular formula is C39H41ClN4O4. The number of hydrogen-bond donors (Lipinski definition) is 0. The molecule has 0 aliphatic rings. The number of aryl methyl sites for hydroxylation is 7. The summed E-state index contributed by atoms with van der Waals surface area (Å²) in [7, 11) is 2.80. The maximum atomic E-state index is 12.3. The predicted octanol–water partition coefficient (Wildman–Crippen LogP) is 8.55. The highest BCUT2D eigenvalue weighted by Gasteiger charge is 2.20. The fourth-order valence-electron chi connectivity index (χ4n) is 6.60. The molecule has 248 valence electrons. The first-order valence-electron chi connectivity index (χ1n) is 15.7. The molecule has 6 rings (SSSR count). The Kier molecular flexibility index (Phi) is 10.1. The van der Waals surface area contributed by atoms with Gasteiger partial charge in [0.25, 0.3) is 0 Å². The van der Waals surface area contributed by atoms with E-state index in [-0.39, 0.29) is 11.9 Å². The number of hydrogen-bond acceptors (Lipinski definition) is 6. The lowest BCUT2D eigenvalue weighted by Crippen LogP contribution is -2.12. The average Bonchev–Trinajstić information content (AvgIpc) is 3.60. The van der Waals surface area contributed by atoms with Crippen LogP contribution in [0.4, 0.5) is 0 Å². The van der Waals surface area contributed by atoms with Crippen molar-refractivity contribution >= 4 is 45.3 Å². The predicted molar refractivity (Wildman–Crippen MR) is 191 cm³/mol. The lowest BCUT2D eigenvalue weighted by atomic mass is 9.99. The van der Waals surface area contributed by atoms with Crippen molar-refractivity contribution < 1.29 is 19.1 Å². The maximum Gasteiger partial charge on any atom is 0.354 e. The molecule has 0 atom stereocenters. The number of carbonyl (C=O) groups excluding carboxylic acids is 2. The highest BCUT2D eigenvalue weighted by atomic mass is 35.5. The molecular weight excluding hydrogens is 624 g/mol. The summed E-state index contributed by atoms with van der Waals surface area (Å²) in [5.41, 5.74) is 13.6. The monoisotopic (exact) mass is 664 g/mol. The second kappa shape index (κ2) is 14.0. The fraction of sp³-hybridized carbons (Fsp3) is 0.282. The third-order valence-electron chi connectivity index (χ3n) is 8.91. The Balaban J connectivity index is 0.000000188. The molecule has 2 aromatic carbocycles. The van der Waals surface area contributed by atoms with Gasteiger partial charge in [-0.25, -0.2) is 14.6 Å². The lowest BCUT2D eigenvalue weighted by Gasteiger charge is -2.15. The molecule has 4 aromatic heterocycles. The number of carbonyl (C=O) groups is 2. The number of aromatic nitrogens is 4. The number of halogens is 1. The number of rotatable bonds is 6. The van der Waals surface area contributed by atoms with E-state index < -0.39 is 0 Å². The average molecular weight is 665 g/mol. The third-order valence-corrected chi connectivity index (χ3v) is 9.21. The summed E-state index contributed by atoms with van der Waals surface area (Å²) >= 11 is 6.20. The molecule has 0 aliphatic heterocycles. The van der Waals surface area contributed by atoms with Gasteiger partial charge in [-0.2, -0.15) is 0 Å². The first-order chi connectivity index (χ1) is 22.8. The Morgan fingerprint density at radius 2 is 1.02 bits per heavy atom. The van der Waals surface area contributed by atoms with Gasteiger partial charge in [-0.15, -0.1) is 0 Å². The van der Waals surface area contributed by atoms with Gasteiger partial charge in [-0.3, -0.25) is 4.98 Å². The number of fused-ring (bicyclic) bond motifs is 2. The molecule has 0 radical (unpaired) electrons. The molecule has 0 unspecified atom stereocenters. The van der Waals surface area contributed by atoms with E-state index in [1.165, 1.54) is 58.7 Å². The van der Waals surface area contributed by atoms with Gasteiger partial charge < -0.3 is 18.6 Å². The molecule has 0 spiro atoms. The molecule has 4 heterocycles. The number of benzene rings is 2. The number of ether oxygens (including phenoxy) is 2. The van der Waals surface area contributed by atoms with Gasteiger partial charge in [-0.1, -0.05) is 47.0 Å². The zero-order valence-corrected chi connectivity index (χ0v) is 29.7. The van der Waals surface area contributed by atoms with Crippen LogP contribution in [0.1, 0.15) is 71.2 Å². The summed E-state index contributed by atoms with van der Waals surface area (Å²) in [6.07, 6.45) is 3.43. The van der Waals surface area contributed by atoms with Gasteiger partial charge in [0.15, 0.2) is 0 Å². The summed E-state index contributed by atoms with van der Waals surface area (Å²) in [5.74, 6) is -0.710. The van der Waals surface area contributed by atoms with Crippen molar-refractivity contribution in [2.75, 3.05) is 14.2 Å². The smallest absolute Gasteiger partial charge is 0.354 e. The number of methoxy groups -OCH3 is 2. The van der Waals surface area contributed by atoms with Crippen LogP contribution >= 0.6 is 11.6 Å². The van der Waals surface area contributed by atoms with Crippen molar-refractivity contribution in [2.45, 2.75) is 61.6 Å². The second-order valence-corrected chi connectivity index (χ2v) is 12.7. The summed E-state index contributed by atoms with van der Waals surface area (Å²) in [5, 5.41) is 2.12. The van der Waals surface area contributed by atoms with Crippen molar-refractivity contribution in [3.05, 3.63) is 128 Å². The van der Waals surface area contributed by atoms with E-state index in [1.807, 2.05) is 34.3 Å². The van der Waals surface area contributed by atoms with Gasteiger partial charge in [0.05, 0.1) is 25.3 Å². The van der Waals surface area contributed by atoms with E-state index in [0.717, 1.165) is 27.5 Å². The summed E-state index contributed by atoms with van der Waals surface area (Å²) in [4.78, 5) is 32.9. The van der Waals surface area contributed by atoms with E-state index >= 15 is 0 Å². The molecule has 0 N–H and O–H groups in total. The van der Waals surface area contributed by atoms with Crippen molar-refractivity contribution in [2.24, 2.45) is 0 Å². The van der Waals surface area contributed by atoms with Crippen molar-refractivity contribution in [1.82, 2.24) is 19.1 Å². The number of esters is 2. The largest absolute Gasteiger partial charge is 0.464 e. The summed E-state index contributed by atoms with van der Waals surface area (Å²) < 4.78 is 13.9. The molecule has 0 saturated heterocycles.